The van der Waals surface area contributed by atoms with E-state index < -0.39 is 0 Å². The highest BCUT2D eigenvalue weighted by atomic mass is 35.5. The van der Waals surface area contributed by atoms with Crippen LogP contribution >= 0.6 is 11.6 Å². The fourth-order valence-corrected chi connectivity index (χ4v) is 3.60. The molecule has 0 radical (unpaired) electrons. The second-order valence-electron chi connectivity index (χ2n) is 6.54. The normalized spacial score (nSPS) is 19.2. The van der Waals surface area contributed by atoms with Crippen molar-refractivity contribution in [3.05, 3.63) is 59.1 Å². The molecule has 2 atom stereocenters. The van der Waals surface area contributed by atoms with E-state index in [-0.39, 0.29) is 23.7 Å². The molecule has 1 saturated carbocycles. The Morgan fingerprint density at radius 3 is 2.54 bits per heavy atom. The lowest BCUT2D eigenvalue weighted by Gasteiger charge is -2.18. The summed E-state index contributed by atoms with van der Waals surface area (Å²) in [6, 6.07) is 14.1. The minimum Gasteiger partial charge on any atom is -0.330 e. The molecule has 2 aromatic rings. The zero-order valence-corrected chi connectivity index (χ0v) is 15.1. The van der Waals surface area contributed by atoms with E-state index in [0.29, 0.717) is 28.5 Å². The molecule has 3 rings (SSSR count). The number of benzene rings is 2. The lowest BCUT2D eigenvalue weighted by Crippen LogP contribution is -2.29. The standard InChI is InChI=1S/C20H22ClN3O2/c21-18-10-9-15(24-19(25)16-8-4-5-13(16)12-22)11-17(18)20(26)23-14-6-2-1-3-7-14/h1-3,6-7,9-11,13,16H,4-5,8,12,22H2,(H,23,26)(H,24,25)/t13-,16-/m1/s1. The van der Waals surface area contributed by atoms with Crippen LogP contribution in [0.15, 0.2) is 48.5 Å². The molecule has 0 saturated heterocycles. The molecular formula is C20H22ClN3O2. The van der Waals surface area contributed by atoms with Crippen LogP contribution in [0.1, 0.15) is 29.6 Å². The molecule has 0 aliphatic heterocycles. The van der Waals surface area contributed by atoms with Gasteiger partial charge in [-0.15, -0.1) is 0 Å². The molecule has 1 fully saturated rings. The van der Waals surface area contributed by atoms with Gasteiger partial charge in [0.15, 0.2) is 0 Å². The smallest absolute Gasteiger partial charge is 0.257 e. The first-order valence-corrected chi connectivity index (χ1v) is 9.13. The van der Waals surface area contributed by atoms with Crippen molar-refractivity contribution in [2.24, 2.45) is 17.6 Å². The predicted molar refractivity (Wildman–Crippen MR) is 104 cm³/mol. The van der Waals surface area contributed by atoms with Crippen molar-refractivity contribution >= 4 is 34.8 Å². The summed E-state index contributed by atoms with van der Waals surface area (Å²) in [5.41, 5.74) is 7.31. The number of carbonyl (C=O) groups excluding carboxylic acids is 2. The minimum atomic E-state index is -0.321. The Morgan fingerprint density at radius 1 is 1.04 bits per heavy atom. The molecule has 0 spiro atoms. The number of nitrogens with one attached hydrogen (secondary N) is 2. The number of rotatable bonds is 5. The van der Waals surface area contributed by atoms with Gasteiger partial charge in [-0.2, -0.15) is 0 Å². The average molecular weight is 372 g/mol. The Bertz CT molecular complexity index is 795. The highest BCUT2D eigenvalue weighted by Crippen LogP contribution is 2.32. The second-order valence-corrected chi connectivity index (χ2v) is 6.94. The summed E-state index contributed by atoms with van der Waals surface area (Å²) in [5, 5.41) is 6.03. The Kier molecular flexibility index (Phi) is 5.91. The van der Waals surface area contributed by atoms with E-state index in [2.05, 4.69) is 10.6 Å². The molecule has 6 heteroatoms. The van der Waals surface area contributed by atoms with E-state index in [9.17, 15) is 9.59 Å². The van der Waals surface area contributed by atoms with Gasteiger partial charge in [-0.1, -0.05) is 36.2 Å². The summed E-state index contributed by atoms with van der Waals surface area (Å²) in [7, 11) is 0. The Hall–Kier alpha value is -2.37. The number of anilines is 2. The minimum absolute atomic E-state index is 0.0466. The van der Waals surface area contributed by atoms with Gasteiger partial charge in [0.05, 0.1) is 10.6 Å². The number of nitrogens with two attached hydrogens (primary N) is 1. The monoisotopic (exact) mass is 371 g/mol. The lowest BCUT2D eigenvalue weighted by molar-refractivity contribution is -0.120. The molecule has 4 N–H and O–H groups in total. The quantitative estimate of drug-likeness (QED) is 0.745. The van der Waals surface area contributed by atoms with Crippen molar-refractivity contribution in [1.29, 1.82) is 0 Å². The Labute approximate surface area is 157 Å². The van der Waals surface area contributed by atoms with Crippen molar-refractivity contribution in [1.82, 2.24) is 0 Å². The van der Waals surface area contributed by atoms with E-state index in [4.69, 9.17) is 17.3 Å². The molecule has 0 heterocycles. The Morgan fingerprint density at radius 2 is 1.81 bits per heavy atom. The van der Waals surface area contributed by atoms with Crippen LogP contribution in [0.2, 0.25) is 5.02 Å². The first-order chi connectivity index (χ1) is 12.6. The van der Waals surface area contributed by atoms with E-state index in [0.717, 1.165) is 19.3 Å². The summed E-state index contributed by atoms with van der Waals surface area (Å²) < 4.78 is 0. The molecule has 0 aromatic heterocycles. The zero-order valence-electron chi connectivity index (χ0n) is 14.4. The van der Waals surface area contributed by atoms with Gasteiger partial charge < -0.3 is 16.4 Å². The number of halogens is 1. The zero-order chi connectivity index (χ0) is 18.5. The number of carbonyl (C=O) groups is 2. The van der Waals surface area contributed by atoms with E-state index in [1.165, 1.54) is 0 Å². The third kappa shape index (κ3) is 4.23. The third-order valence-electron chi connectivity index (χ3n) is 4.81. The largest absolute Gasteiger partial charge is 0.330 e. The molecule has 1 aliphatic carbocycles. The van der Waals surface area contributed by atoms with Crippen LogP contribution in [0.25, 0.3) is 0 Å². The highest BCUT2D eigenvalue weighted by molar-refractivity contribution is 6.34. The van der Waals surface area contributed by atoms with Crippen molar-refractivity contribution < 1.29 is 9.59 Å². The summed E-state index contributed by atoms with van der Waals surface area (Å²) in [6.45, 7) is 0.517. The van der Waals surface area contributed by atoms with Crippen molar-refractivity contribution in [3.63, 3.8) is 0 Å². The van der Waals surface area contributed by atoms with Gasteiger partial charge in [-0.3, -0.25) is 9.59 Å². The van der Waals surface area contributed by atoms with Crippen LogP contribution < -0.4 is 16.4 Å². The summed E-state index contributed by atoms with van der Waals surface area (Å²) in [5.74, 6) is -0.215. The van der Waals surface area contributed by atoms with Gasteiger partial charge in [-0.05, 0) is 55.6 Å². The number of hydrogen-bond acceptors (Lipinski definition) is 3. The first kappa shape index (κ1) is 18.4. The number of amides is 2. The van der Waals surface area contributed by atoms with E-state index in [1.807, 2.05) is 18.2 Å². The van der Waals surface area contributed by atoms with Gasteiger partial charge in [0, 0.05) is 17.3 Å². The molecular weight excluding hydrogens is 350 g/mol. The van der Waals surface area contributed by atoms with Crippen LogP contribution in [-0.2, 0) is 4.79 Å². The molecule has 0 bridgehead atoms. The second kappa shape index (κ2) is 8.34. The van der Waals surface area contributed by atoms with Gasteiger partial charge in [0.2, 0.25) is 5.91 Å². The van der Waals surface area contributed by atoms with Crippen molar-refractivity contribution in [2.75, 3.05) is 17.2 Å². The first-order valence-electron chi connectivity index (χ1n) is 8.75. The summed E-state index contributed by atoms with van der Waals surface area (Å²) in [6.07, 6.45) is 2.86. The maximum atomic E-state index is 12.5. The van der Waals surface area contributed by atoms with Crippen LogP contribution in [0, 0.1) is 11.8 Å². The van der Waals surface area contributed by atoms with Crippen molar-refractivity contribution in [3.8, 4) is 0 Å². The van der Waals surface area contributed by atoms with Gasteiger partial charge in [-0.25, -0.2) is 0 Å². The molecule has 2 aromatic carbocycles. The summed E-state index contributed by atoms with van der Waals surface area (Å²) >= 11 is 6.18. The molecule has 5 nitrogen and oxygen atoms in total. The van der Waals surface area contributed by atoms with Gasteiger partial charge in [0.25, 0.3) is 5.91 Å². The molecule has 2 amide bonds. The van der Waals surface area contributed by atoms with Gasteiger partial charge >= 0.3 is 0 Å². The topological polar surface area (TPSA) is 84.2 Å². The van der Waals surface area contributed by atoms with E-state index >= 15 is 0 Å². The third-order valence-corrected chi connectivity index (χ3v) is 5.14. The van der Waals surface area contributed by atoms with Crippen LogP contribution in [-0.4, -0.2) is 18.4 Å². The fraction of sp³-hybridized carbons (Fsp3) is 0.300. The SMILES string of the molecule is NC[C@H]1CCC[C@H]1C(=O)Nc1ccc(Cl)c(C(=O)Nc2ccccc2)c1. The van der Waals surface area contributed by atoms with E-state index in [1.54, 1.807) is 30.3 Å². The average Bonchev–Trinajstić information content (AvgIpc) is 3.13. The molecule has 0 unspecified atom stereocenters. The predicted octanol–water partition coefficient (Wildman–Crippen LogP) is 3.91. The van der Waals surface area contributed by atoms with Crippen molar-refractivity contribution in [2.45, 2.75) is 19.3 Å². The maximum Gasteiger partial charge on any atom is 0.257 e. The van der Waals surface area contributed by atoms with Gasteiger partial charge in [0.1, 0.15) is 0 Å². The number of hydrogen-bond donors (Lipinski definition) is 3. The molecule has 26 heavy (non-hydrogen) atoms. The fourth-order valence-electron chi connectivity index (χ4n) is 3.40. The van der Waals surface area contributed by atoms with Crippen LogP contribution in [0.4, 0.5) is 11.4 Å². The van der Waals surface area contributed by atoms with Crippen LogP contribution in [0.5, 0.6) is 0 Å². The molecule has 136 valence electrons. The molecule has 1 aliphatic rings. The highest BCUT2D eigenvalue weighted by Gasteiger charge is 2.32. The summed E-state index contributed by atoms with van der Waals surface area (Å²) in [4.78, 5) is 25.0. The Balaban J connectivity index is 1.73. The lowest BCUT2D eigenvalue weighted by atomic mass is 9.95. The maximum absolute atomic E-state index is 12.5. The number of para-hydroxylation sites is 1. The van der Waals surface area contributed by atoms with Crippen LogP contribution in [0.3, 0.4) is 0 Å².